The zero-order valence-corrected chi connectivity index (χ0v) is 27.0. The van der Waals surface area contributed by atoms with Crippen LogP contribution in [0.15, 0.2) is 24.3 Å². The quantitative estimate of drug-likeness (QED) is 0.0900. The van der Waals surface area contributed by atoms with Crippen LogP contribution in [-0.4, -0.2) is 84.3 Å². The van der Waals surface area contributed by atoms with Gasteiger partial charge in [0.1, 0.15) is 23.7 Å². The van der Waals surface area contributed by atoms with Gasteiger partial charge in [0, 0.05) is 31.4 Å². The van der Waals surface area contributed by atoms with E-state index < -0.39 is 64.5 Å². The highest BCUT2D eigenvalue weighted by Crippen LogP contribution is 2.15. The van der Waals surface area contributed by atoms with Crippen LogP contribution in [0.3, 0.4) is 0 Å². The number of hydrogen-bond acceptors (Lipinski definition) is 12. The first-order chi connectivity index (χ1) is 21.6. The zero-order chi connectivity index (χ0) is 34.9. The summed E-state index contributed by atoms with van der Waals surface area (Å²) in [6, 6.07) is 1.27. The van der Waals surface area contributed by atoms with Crippen LogP contribution in [-0.2, 0) is 49.3 Å². The number of carbonyl (C=O) groups is 6. The van der Waals surface area contributed by atoms with Gasteiger partial charge in [-0.1, -0.05) is 12.1 Å². The van der Waals surface area contributed by atoms with Crippen LogP contribution in [0.1, 0.15) is 72.8 Å². The smallest absolute Gasteiger partial charge is 0.408 e. The first-order valence-electron chi connectivity index (χ1n) is 14.9. The number of rotatable bonds is 18. The Bertz CT molecular complexity index is 1210. The number of carbonyl (C=O) groups excluding carboxylic acids is 6. The molecule has 1 aromatic carbocycles. The van der Waals surface area contributed by atoms with Gasteiger partial charge in [-0.25, -0.2) is 9.59 Å². The molecule has 0 saturated carbocycles. The molecule has 256 valence electrons. The molecule has 0 aromatic heterocycles. The van der Waals surface area contributed by atoms with Crippen LogP contribution in [0.25, 0.3) is 0 Å². The molecule has 0 unspecified atom stereocenters. The van der Waals surface area contributed by atoms with Crippen molar-refractivity contribution in [2.75, 3.05) is 19.8 Å². The average Bonchev–Trinajstić information content (AvgIpc) is 2.96. The Morgan fingerprint density at radius 3 is 1.70 bits per heavy atom. The van der Waals surface area contributed by atoms with Crippen molar-refractivity contribution in [2.45, 2.75) is 97.4 Å². The number of benzene rings is 1. The van der Waals surface area contributed by atoms with Crippen LogP contribution >= 0.6 is 0 Å². The zero-order valence-electron chi connectivity index (χ0n) is 27.0. The number of ether oxygens (including phenoxy) is 4. The number of nitrogens with one attached hydrogen (secondary N) is 3. The number of nitrogens with zero attached hydrogens (tertiary/aromatic N) is 1. The second-order valence-corrected chi connectivity index (χ2v) is 10.9. The molecule has 3 amide bonds. The van der Waals surface area contributed by atoms with Crippen molar-refractivity contribution >= 4 is 41.5 Å². The SMILES string of the molecule is CCOC(=O)CC[C@@H](NC(=O)[C@@H](Cc1ccc([N+](=O)[O-])cc1)NC(=O)OC(C)(C)C)C(=O)N[C@H](CCC(=O)OCC)C(=O)OCC. The summed E-state index contributed by atoms with van der Waals surface area (Å²) in [6.07, 6.45) is -2.00. The fourth-order valence-corrected chi connectivity index (χ4v) is 3.94. The van der Waals surface area contributed by atoms with E-state index in [1.54, 1.807) is 41.5 Å². The molecule has 0 saturated heterocycles. The highest BCUT2D eigenvalue weighted by Gasteiger charge is 2.32. The molecule has 1 aromatic rings. The molecular weight excluding hydrogens is 608 g/mol. The van der Waals surface area contributed by atoms with Gasteiger partial charge in [-0.2, -0.15) is 0 Å². The van der Waals surface area contributed by atoms with Gasteiger partial charge in [0.05, 0.1) is 24.7 Å². The normalized spacial score (nSPS) is 12.8. The first-order valence-corrected chi connectivity index (χ1v) is 14.9. The maximum Gasteiger partial charge on any atom is 0.408 e. The van der Waals surface area contributed by atoms with E-state index in [2.05, 4.69) is 16.0 Å². The molecule has 0 spiro atoms. The number of nitro groups is 1. The fraction of sp³-hybridized carbons (Fsp3) is 0.600. The molecule has 16 heteroatoms. The summed E-state index contributed by atoms with van der Waals surface area (Å²) in [5, 5.41) is 18.5. The minimum Gasteiger partial charge on any atom is -0.466 e. The van der Waals surface area contributed by atoms with E-state index in [-0.39, 0.29) is 57.6 Å². The Hall–Kier alpha value is -4.76. The van der Waals surface area contributed by atoms with Crippen LogP contribution in [0.4, 0.5) is 10.5 Å². The van der Waals surface area contributed by atoms with Crippen LogP contribution in [0.2, 0.25) is 0 Å². The molecule has 0 aliphatic rings. The van der Waals surface area contributed by atoms with Crippen molar-refractivity contribution in [3.05, 3.63) is 39.9 Å². The Kier molecular flexibility index (Phi) is 16.7. The predicted octanol–water partition coefficient (Wildman–Crippen LogP) is 2.25. The summed E-state index contributed by atoms with van der Waals surface area (Å²) in [4.78, 5) is 86.8. The van der Waals surface area contributed by atoms with E-state index in [1.165, 1.54) is 24.3 Å². The Morgan fingerprint density at radius 2 is 1.22 bits per heavy atom. The van der Waals surface area contributed by atoms with Gasteiger partial charge in [-0.05, 0) is 59.9 Å². The predicted molar refractivity (Wildman–Crippen MR) is 162 cm³/mol. The van der Waals surface area contributed by atoms with Gasteiger partial charge >= 0.3 is 24.0 Å². The van der Waals surface area contributed by atoms with E-state index in [1.807, 2.05) is 0 Å². The lowest BCUT2D eigenvalue weighted by Crippen LogP contribution is -2.56. The van der Waals surface area contributed by atoms with Gasteiger partial charge in [0.15, 0.2) is 0 Å². The largest absolute Gasteiger partial charge is 0.466 e. The second kappa shape index (κ2) is 19.6. The topological polar surface area (TPSA) is 219 Å². The third kappa shape index (κ3) is 15.3. The molecule has 0 heterocycles. The van der Waals surface area contributed by atoms with E-state index in [9.17, 15) is 38.9 Å². The molecule has 46 heavy (non-hydrogen) atoms. The molecule has 0 aliphatic heterocycles. The minimum absolute atomic E-state index is 0.00566. The molecule has 0 fully saturated rings. The van der Waals surface area contributed by atoms with Gasteiger partial charge in [-0.3, -0.25) is 29.3 Å². The lowest BCUT2D eigenvalue weighted by atomic mass is 10.0. The average molecular weight is 653 g/mol. The summed E-state index contributed by atoms with van der Waals surface area (Å²) in [5.41, 5.74) is -0.651. The van der Waals surface area contributed by atoms with Gasteiger partial charge in [-0.15, -0.1) is 0 Å². The molecule has 3 atom stereocenters. The van der Waals surface area contributed by atoms with Crippen molar-refractivity contribution in [3.63, 3.8) is 0 Å². The number of non-ortho nitro benzene ring substituents is 1. The first kappa shape index (κ1) is 39.3. The monoisotopic (exact) mass is 652 g/mol. The third-order valence-electron chi connectivity index (χ3n) is 6.00. The Morgan fingerprint density at radius 1 is 0.739 bits per heavy atom. The second-order valence-electron chi connectivity index (χ2n) is 10.9. The molecule has 16 nitrogen and oxygen atoms in total. The lowest BCUT2D eigenvalue weighted by molar-refractivity contribution is -0.384. The third-order valence-corrected chi connectivity index (χ3v) is 6.00. The molecule has 0 aliphatic carbocycles. The van der Waals surface area contributed by atoms with Crippen molar-refractivity contribution in [1.82, 2.24) is 16.0 Å². The summed E-state index contributed by atoms with van der Waals surface area (Å²) in [5.74, 6) is -3.79. The van der Waals surface area contributed by atoms with Gasteiger partial charge < -0.3 is 34.9 Å². The van der Waals surface area contributed by atoms with E-state index in [0.717, 1.165) is 0 Å². The number of alkyl carbamates (subject to hydrolysis) is 1. The van der Waals surface area contributed by atoms with Gasteiger partial charge in [0.2, 0.25) is 11.8 Å². The number of nitro benzene ring substituents is 1. The summed E-state index contributed by atoms with van der Waals surface area (Å²) in [7, 11) is 0. The highest BCUT2D eigenvalue weighted by molar-refractivity contribution is 5.93. The van der Waals surface area contributed by atoms with E-state index in [0.29, 0.717) is 5.56 Å². The van der Waals surface area contributed by atoms with Gasteiger partial charge in [0.25, 0.3) is 5.69 Å². The van der Waals surface area contributed by atoms with Crippen LogP contribution in [0.5, 0.6) is 0 Å². The number of esters is 3. The maximum absolute atomic E-state index is 13.6. The molecule has 1 rings (SSSR count). The number of hydrogen-bond donors (Lipinski definition) is 3. The Balaban J connectivity index is 3.31. The maximum atomic E-state index is 13.6. The Labute approximate surface area is 267 Å². The van der Waals surface area contributed by atoms with Crippen molar-refractivity contribution in [3.8, 4) is 0 Å². The molecule has 0 radical (unpaired) electrons. The highest BCUT2D eigenvalue weighted by atomic mass is 16.6. The molecule has 3 N–H and O–H groups in total. The van der Waals surface area contributed by atoms with Crippen LogP contribution in [0, 0.1) is 10.1 Å². The van der Waals surface area contributed by atoms with E-state index >= 15 is 0 Å². The van der Waals surface area contributed by atoms with E-state index in [4.69, 9.17) is 18.9 Å². The lowest BCUT2D eigenvalue weighted by Gasteiger charge is -2.26. The fourth-order valence-electron chi connectivity index (χ4n) is 3.94. The van der Waals surface area contributed by atoms with Crippen molar-refractivity contribution < 1.29 is 52.6 Å². The van der Waals surface area contributed by atoms with Crippen molar-refractivity contribution in [1.29, 1.82) is 0 Å². The van der Waals surface area contributed by atoms with Crippen LogP contribution < -0.4 is 16.0 Å². The van der Waals surface area contributed by atoms with Crippen molar-refractivity contribution in [2.24, 2.45) is 0 Å². The number of amides is 3. The molecular formula is C30H44N4O12. The standard InChI is InChI=1S/C30H44N4O12/c1-7-43-24(35)16-14-21(26(37)32-22(28(39)45-9-3)15-17-25(36)44-8-2)31-27(38)23(33-29(40)46-30(4,5)6)18-19-10-12-20(13-11-19)34(41)42/h10-13,21-23H,7-9,14-18H2,1-6H3,(H,31,38)(H,32,37)(H,33,40)/t21-,22-,23-/m1/s1. The summed E-state index contributed by atoms with van der Waals surface area (Å²) >= 11 is 0. The summed E-state index contributed by atoms with van der Waals surface area (Å²) < 4.78 is 20.1. The minimum atomic E-state index is -1.41. The summed E-state index contributed by atoms with van der Waals surface area (Å²) in [6.45, 7) is 9.84. The molecule has 0 bridgehead atoms.